The maximum Gasteiger partial charge on any atom is 0.492 e. The van der Waals surface area contributed by atoms with Crippen molar-refractivity contribution >= 4 is 12.6 Å². The number of benzene rings is 1. The Kier molecular flexibility index (Phi) is 4.35. The van der Waals surface area contributed by atoms with Crippen molar-refractivity contribution < 1.29 is 14.8 Å². The van der Waals surface area contributed by atoms with Crippen LogP contribution in [0.25, 0.3) is 0 Å². The summed E-state index contributed by atoms with van der Waals surface area (Å²) in [4.78, 5) is 0. The van der Waals surface area contributed by atoms with Crippen LogP contribution in [0.3, 0.4) is 0 Å². The number of hydrogen-bond acceptors (Lipinski definition) is 4. The van der Waals surface area contributed by atoms with Crippen molar-refractivity contribution in [3.05, 3.63) is 23.8 Å². The van der Waals surface area contributed by atoms with Crippen LogP contribution in [0, 0.1) is 17.2 Å². The van der Waals surface area contributed by atoms with E-state index in [1.165, 1.54) is 6.07 Å². The quantitative estimate of drug-likeness (QED) is 0.713. The first-order valence-corrected chi connectivity index (χ1v) is 5.07. The summed E-state index contributed by atoms with van der Waals surface area (Å²) in [6.07, 6.45) is 0. The monoisotopic (exact) mass is 219 g/mol. The van der Waals surface area contributed by atoms with E-state index in [9.17, 15) is 0 Å². The van der Waals surface area contributed by atoms with Crippen LogP contribution in [0.4, 0.5) is 0 Å². The summed E-state index contributed by atoms with van der Waals surface area (Å²) in [6, 6.07) is 6.52. The molecule has 0 saturated heterocycles. The summed E-state index contributed by atoms with van der Waals surface area (Å²) < 4.78 is 5.43. The minimum absolute atomic E-state index is 0.222. The molecule has 0 bridgehead atoms. The molecule has 0 atom stereocenters. The van der Waals surface area contributed by atoms with Gasteiger partial charge in [-0.1, -0.05) is 13.8 Å². The van der Waals surface area contributed by atoms with Crippen LogP contribution < -0.4 is 10.2 Å². The molecule has 0 radical (unpaired) electrons. The standard InChI is InChI=1S/C11H14BNO3/c1-8(2)7-16-11-4-3-9(6-13)5-10(11)12(14)15/h3-5,8,14-15H,7H2,1-2H3. The molecule has 2 N–H and O–H groups in total. The Balaban J connectivity index is 2.95. The molecule has 0 amide bonds. The lowest BCUT2D eigenvalue weighted by Crippen LogP contribution is -2.32. The average Bonchev–Trinajstić information content (AvgIpc) is 2.25. The van der Waals surface area contributed by atoms with Gasteiger partial charge in [0.15, 0.2) is 0 Å². The van der Waals surface area contributed by atoms with E-state index in [-0.39, 0.29) is 5.46 Å². The largest absolute Gasteiger partial charge is 0.494 e. The Morgan fingerprint density at radius 3 is 2.62 bits per heavy atom. The minimum Gasteiger partial charge on any atom is -0.494 e. The molecule has 0 heterocycles. The second-order valence-electron chi connectivity index (χ2n) is 3.94. The fraction of sp³-hybridized carbons (Fsp3) is 0.364. The SMILES string of the molecule is CC(C)COc1ccc(C#N)cc1B(O)O. The zero-order valence-electron chi connectivity index (χ0n) is 9.34. The van der Waals surface area contributed by atoms with Crippen molar-refractivity contribution in [1.82, 2.24) is 0 Å². The van der Waals surface area contributed by atoms with Gasteiger partial charge in [0.05, 0.1) is 18.2 Å². The summed E-state index contributed by atoms with van der Waals surface area (Å²) in [5.74, 6) is 0.752. The van der Waals surface area contributed by atoms with E-state index in [1.807, 2.05) is 19.9 Å². The molecule has 0 fully saturated rings. The highest BCUT2D eigenvalue weighted by molar-refractivity contribution is 6.59. The van der Waals surface area contributed by atoms with Gasteiger partial charge in [-0.3, -0.25) is 0 Å². The molecule has 16 heavy (non-hydrogen) atoms. The predicted octanol–water partition coefficient (Wildman–Crippen LogP) is 0.273. The highest BCUT2D eigenvalue weighted by Gasteiger charge is 2.18. The molecule has 0 aliphatic heterocycles. The smallest absolute Gasteiger partial charge is 0.492 e. The lowest BCUT2D eigenvalue weighted by Gasteiger charge is -2.12. The van der Waals surface area contributed by atoms with E-state index >= 15 is 0 Å². The summed E-state index contributed by atoms with van der Waals surface area (Å²) in [5, 5.41) is 27.0. The second-order valence-corrected chi connectivity index (χ2v) is 3.94. The van der Waals surface area contributed by atoms with E-state index in [4.69, 9.17) is 20.0 Å². The molecule has 5 heteroatoms. The number of nitrogens with zero attached hydrogens (tertiary/aromatic N) is 1. The van der Waals surface area contributed by atoms with Crippen LogP contribution in [0.1, 0.15) is 19.4 Å². The van der Waals surface area contributed by atoms with Gasteiger partial charge in [-0.2, -0.15) is 5.26 Å². The highest BCUT2D eigenvalue weighted by Crippen LogP contribution is 2.11. The number of rotatable bonds is 4. The van der Waals surface area contributed by atoms with Gasteiger partial charge in [0.25, 0.3) is 0 Å². The molecule has 0 unspecified atom stereocenters. The first-order chi connectivity index (χ1) is 7.54. The van der Waals surface area contributed by atoms with Gasteiger partial charge in [0.1, 0.15) is 5.75 Å². The number of hydrogen-bond donors (Lipinski definition) is 2. The number of ether oxygens (including phenoxy) is 1. The van der Waals surface area contributed by atoms with Gasteiger partial charge in [-0.15, -0.1) is 0 Å². The van der Waals surface area contributed by atoms with Crippen LogP contribution in [-0.2, 0) is 0 Å². The first-order valence-electron chi connectivity index (χ1n) is 5.07. The molecule has 0 spiro atoms. The van der Waals surface area contributed by atoms with Crippen LogP contribution in [0.15, 0.2) is 18.2 Å². The van der Waals surface area contributed by atoms with Crippen molar-refractivity contribution in [2.24, 2.45) is 5.92 Å². The van der Waals surface area contributed by atoms with Crippen molar-refractivity contribution in [1.29, 1.82) is 5.26 Å². The lowest BCUT2D eigenvalue weighted by molar-refractivity contribution is 0.272. The zero-order valence-corrected chi connectivity index (χ0v) is 9.34. The minimum atomic E-state index is -1.63. The molecule has 0 aliphatic carbocycles. The molecule has 84 valence electrons. The number of nitriles is 1. The van der Waals surface area contributed by atoms with Crippen LogP contribution in [0.2, 0.25) is 0 Å². The zero-order chi connectivity index (χ0) is 12.1. The Morgan fingerprint density at radius 2 is 2.12 bits per heavy atom. The van der Waals surface area contributed by atoms with Gasteiger partial charge < -0.3 is 14.8 Å². The first kappa shape index (κ1) is 12.6. The molecule has 1 aromatic rings. The Labute approximate surface area is 95.2 Å². The molecule has 0 aromatic heterocycles. The topological polar surface area (TPSA) is 73.5 Å². The van der Waals surface area contributed by atoms with Crippen molar-refractivity contribution in [3.8, 4) is 11.8 Å². The molecule has 1 rings (SSSR count). The third-order valence-corrected chi connectivity index (χ3v) is 1.99. The Bertz CT molecular complexity index is 399. The van der Waals surface area contributed by atoms with Gasteiger partial charge >= 0.3 is 7.12 Å². The van der Waals surface area contributed by atoms with E-state index in [2.05, 4.69) is 0 Å². The van der Waals surface area contributed by atoms with Crippen molar-refractivity contribution in [3.63, 3.8) is 0 Å². The fourth-order valence-corrected chi connectivity index (χ4v) is 1.21. The molecule has 0 aliphatic rings. The Hall–Kier alpha value is -1.51. The van der Waals surface area contributed by atoms with Gasteiger partial charge in [0, 0.05) is 5.46 Å². The van der Waals surface area contributed by atoms with E-state index in [1.54, 1.807) is 12.1 Å². The van der Waals surface area contributed by atoms with Gasteiger partial charge in [-0.05, 0) is 24.1 Å². The summed E-state index contributed by atoms with van der Waals surface area (Å²) in [6.45, 7) is 4.49. The second kappa shape index (κ2) is 5.54. The molecule has 4 nitrogen and oxygen atoms in total. The fourth-order valence-electron chi connectivity index (χ4n) is 1.21. The van der Waals surface area contributed by atoms with Crippen LogP contribution in [0.5, 0.6) is 5.75 Å². The average molecular weight is 219 g/mol. The van der Waals surface area contributed by atoms with Crippen LogP contribution in [-0.4, -0.2) is 23.8 Å². The molecular weight excluding hydrogens is 205 g/mol. The van der Waals surface area contributed by atoms with Gasteiger partial charge in [0.2, 0.25) is 0 Å². The van der Waals surface area contributed by atoms with E-state index < -0.39 is 7.12 Å². The van der Waals surface area contributed by atoms with Gasteiger partial charge in [-0.25, -0.2) is 0 Å². The molecular formula is C11H14BNO3. The third kappa shape index (κ3) is 3.26. The Morgan fingerprint density at radius 1 is 1.44 bits per heavy atom. The van der Waals surface area contributed by atoms with Crippen molar-refractivity contribution in [2.75, 3.05) is 6.61 Å². The van der Waals surface area contributed by atoms with Crippen molar-refractivity contribution in [2.45, 2.75) is 13.8 Å². The molecule has 1 aromatic carbocycles. The summed E-state index contributed by atoms with van der Waals surface area (Å²) >= 11 is 0. The normalized spacial score (nSPS) is 10.0. The summed E-state index contributed by atoms with van der Waals surface area (Å²) in [7, 11) is -1.63. The lowest BCUT2D eigenvalue weighted by atomic mass is 9.79. The molecule has 0 saturated carbocycles. The van der Waals surface area contributed by atoms with E-state index in [0.717, 1.165) is 0 Å². The van der Waals surface area contributed by atoms with Crippen LogP contribution >= 0.6 is 0 Å². The summed E-state index contributed by atoms with van der Waals surface area (Å²) in [5.41, 5.74) is 0.597. The van der Waals surface area contributed by atoms with E-state index in [0.29, 0.717) is 23.8 Å². The predicted molar refractivity (Wildman–Crippen MR) is 61.3 cm³/mol. The third-order valence-electron chi connectivity index (χ3n) is 1.99. The maximum atomic E-state index is 9.16. The maximum absolute atomic E-state index is 9.16. The highest BCUT2D eigenvalue weighted by atomic mass is 16.5.